The third-order valence-electron chi connectivity index (χ3n) is 3.93. The van der Waals surface area contributed by atoms with Gasteiger partial charge in [-0.15, -0.1) is 10.2 Å². The molecule has 1 aromatic heterocycles. The van der Waals surface area contributed by atoms with Gasteiger partial charge in [0.1, 0.15) is 5.75 Å². The molecule has 0 aliphatic heterocycles. The van der Waals surface area contributed by atoms with Gasteiger partial charge in [0.15, 0.2) is 5.78 Å². The summed E-state index contributed by atoms with van der Waals surface area (Å²) < 4.78 is 10.8. The van der Waals surface area contributed by atoms with E-state index in [1.54, 1.807) is 50.4 Å². The number of rotatable bonds is 7. The molecule has 0 aliphatic rings. The second kappa shape index (κ2) is 8.71. The normalized spacial score (nSPS) is 11.7. The molecule has 0 spiro atoms. The van der Waals surface area contributed by atoms with Gasteiger partial charge in [0.25, 0.3) is 5.22 Å². The average molecular weight is 397 g/mol. The summed E-state index contributed by atoms with van der Waals surface area (Å²) in [5.74, 6) is 0.814. The summed E-state index contributed by atoms with van der Waals surface area (Å²) >= 11 is 1.16. The third-order valence-corrected chi connectivity index (χ3v) is 4.86. The van der Waals surface area contributed by atoms with Gasteiger partial charge in [-0.05, 0) is 50.2 Å². The minimum atomic E-state index is -0.467. The molecule has 0 aliphatic carbocycles. The standard InChI is InChI=1S/C20H19N3O4S/c1-12(24)15-5-4-6-16(11-15)21-18(25)13(2)28-20-23-22-19(27-20)14-7-9-17(26-3)10-8-14/h4-11,13H,1-3H3,(H,21,25)/t13-/m1/s1. The Hall–Kier alpha value is -3.13. The van der Waals surface area contributed by atoms with Crippen LogP contribution in [0.15, 0.2) is 58.2 Å². The van der Waals surface area contributed by atoms with Crippen molar-refractivity contribution in [2.45, 2.75) is 24.3 Å². The van der Waals surface area contributed by atoms with Gasteiger partial charge in [0.05, 0.1) is 12.4 Å². The molecule has 0 fully saturated rings. The Morgan fingerprint density at radius 2 is 1.89 bits per heavy atom. The van der Waals surface area contributed by atoms with Crippen molar-refractivity contribution in [2.75, 3.05) is 12.4 Å². The first-order valence-electron chi connectivity index (χ1n) is 8.52. The Morgan fingerprint density at radius 3 is 2.57 bits per heavy atom. The Labute approximate surface area is 166 Å². The van der Waals surface area contributed by atoms with Crippen molar-refractivity contribution in [2.24, 2.45) is 0 Å². The van der Waals surface area contributed by atoms with E-state index in [9.17, 15) is 9.59 Å². The fourth-order valence-corrected chi connectivity index (χ4v) is 3.06. The van der Waals surface area contributed by atoms with E-state index in [4.69, 9.17) is 9.15 Å². The molecule has 0 bridgehead atoms. The number of nitrogens with zero attached hydrogens (tertiary/aromatic N) is 2. The number of benzene rings is 2. The molecule has 3 aromatic rings. The molecular formula is C20H19N3O4S. The molecule has 0 unspecified atom stereocenters. The molecule has 1 atom stereocenters. The average Bonchev–Trinajstić information content (AvgIpc) is 3.16. The SMILES string of the molecule is COc1ccc(-c2nnc(S[C@H](C)C(=O)Nc3cccc(C(C)=O)c3)o2)cc1. The number of hydrogen-bond acceptors (Lipinski definition) is 7. The fourth-order valence-electron chi connectivity index (χ4n) is 2.37. The molecule has 8 heteroatoms. The van der Waals surface area contributed by atoms with E-state index in [0.717, 1.165) is 23.1 Å². The molecular weight excluding hydrogens is 378 g/mol. The highest BCUT2D eigenvalue weighted by Gasteiger charge is 2.19. The van der Waals surface area contributed by atoms with Crippen LogP contribution >= 0.6 is 11.8 Å². The Bertz CT molecular complexity index is 985. The highest BCUT2D eigenvalue weighted by Crippen LogP contribution is 2.27. The molecule has 144 valence electrons. The summed E-state index contributed by atoms with van der Waals surface area (Å²) in [6.07, 6.45) is 0. The van der Waals surface area contributed by atoms with Gasteiger partial charge < -0.3 is 14.5 Å². The Kier molecular flexibility index (Phi) is 6.10. The van der Waals surface area contributed by atoms with E-state index in [2.05, 4.69) is 15.5 Å². The highest BCUT2D eigenvalue weighted by molar-refractivity contribution is 8.00. The lowest BCUT2D eigenvalue weighted by atomic mass is 10.1. The van der Waals surface area contributed by atoms with Crippen LogP contribution < -0.4 is 10.1 Å². The maximum absolute atomic E-state index is 12.4. The van der Waals surface area contributed by atoms with E-state index in [1.807, 2.05) is 12.1 Å². The fraction of sp³-hybridized carbons (Fsp3) is 0.200. The van der Waals surface area contributed by atoms with Gasteiger partial charge >= 0.3 is 0 Å². The van der Waals surface area contributed by atoms with Crippen LogP contribution in [0.3, 0.4) is 0 Å². The molecule has 1 N–H and O–H groups in total. The van der Waals surface area contributed by atoms with Gasteiger partial charge in [-0.1, -0.05) is 23.9 Å². The summed E-state index contributed by atoms with van der Waals surface area (Å²) in [4.78, 5) is 23.9. The lowest BCUT2D eigenvalue weighted by Gasteiger charge is -2.10. The van der Waals surface area contributed by atoms with E-state index in [0.29, 0.717) is 22.4 Å². The second-order valence-electron chi connectivity index (χ2n) is 5.99. The Balaban J connectivity index is 1.63. The summed E-state index contributed by atoms with van der Waals surface area (Å²) in [5, 5.41) is 10.6. The monoisotopic (exact) mass is 397 g/mol. The summed E-state index contributed by atoms with van der Waals surface area (Å²) in [6, 6.07) is 14.0. The molecule has 7 nitrogen and oxygen atoms in total. The number of ether oxygens (including phenoxy) is 1. The second-order valence-corrected chi connectivity index (χ2v) is 7.28. The number of thioether (sulfide) groups is 1. The van der Waals surface area contributed by atoms with E-state index in [-0.39, 0.29) is 11.7 Å². The quantitative estimate of drug-likeness (QED) is 0.474. The maximum atomic E-state index is 12.4. The summed E-state index contributed by atoms with van der Waals surface area (Å²) in [5.41, 5.74) is 1.87. The summed E-state index contributed by atoms with van der Waals surface area (Å²) in [6.45, 7) is 3.22. The van der Waals surface area contributed by atoms with Crippen LogP contribution in [0.4, 0.5) is 5.69 Å². The number of carbonyl (C=O) groups excluding carboxylic acids is 2. The third kappa shape index (κ3) is 4.77. The lowest BCUT2D eigenvalue weighted by molar-refractivity contribution is -0.115. The number of Topliss-reactive ketones (excluding diaryl/α,β-unsaturated/α-hetero) is 1. The van der Waals surface area contributed by atoms with Crippen molar-refractivity contribution < 1.29 is 18.7 Å². The number of amides is 1. The number of aromatic nitrogens is 2. The largest absolute Gasteiger partial charge is 0.497 e. The van der Waals surface area contributed by atoms with Gasteiger partial charge in [0, 0.05) is 16.8 Å². The number of anilines is 1. The predicted octanol–water partition coefficient (Wildman–Crippen LogP) is 4.07. The molecule has 0 radical (unpaired) electrons. The van der Waals surface area contributed by atoms with Crippen molar-refractivity contribution in [3.05, 3.63) is 54.1 Å². The van der Waals surface area contributed by atoms with Crippen molar-refractivity contribution in [3.8, 4) is 17.2 Å². The minimum absolute atomic E-state index is 0.0598. The zero-order valence-corrected chi connectivity index (χ0v) is 16.4. The zero-order valence-electron chi connectivity index (χ0n) is 15.6. The molecule has 3 rings (SSSR count). The van der Waals surface area contributed by atoms with Crippen LogP contribution in [-0.2, 0) is 4.79 Å². The van der Waals surface area contributed by atoms with Gasteiger partial charge in [0.2, 0.25) is 11.8 Å². The van der Waals surface area contributed by atoms with Crippen LogP contribution in [-0.4, -0.2) is 34.2 Å². The van der Waals surface area contributed by atoms with E-state index in [1.165, 1.54) is 6.92 Å². The van der Waals surface area contributed by atoms with Crippen molar-refractivity contribution in [1.29, 1.82) is 0 Å². The zero-order chi connectivity index (χ0) is 20.1. The van der Waals surface area contributed by atoms with E-state index >= 15 is 0 Å². The number of methoxy groups -OCH3 is 1. The molecule has 1 amide bonds. The summed E-state index contributed by atoms with van der Waals surface area (Å²) in [7, 11) is 1.60. The van der Waals surface area contributed by atoms with E-state index < -0.39 is 5.25 Å². The lowest BCUT2D eigenvalue weighted by Crippen LogP contribution is -2.22. The van der Waals surface area contributed by atoms with Crippen LogP contribution in [0.2, 0.25) is 0 Å². The number of nitrogens with one attached hydrogen (secondary N) is 1. The number of ketones is 1. The Morgan fingerprint density at radius 1 is 1.14 bits per heavy atom. The van der Waals surface area contributed by atoms with Crippen LogP contribution in [0.25, 0.3) is 11.5 Å². The van der Waals surface area contributed by atoms with Crippen molar-refractivity contribution >= 4 is 29.1 Å². The topological polar surface area (TPSA) is 94.3 Å². The van der Waals surface area contributed by atoms with Crippen LogP contribution in [0, 0.1) is 0 Å². The smallest absolute Gasteiger partial charge is 0.277 e. The first kappa shape index (κ1) is 19.6. The first-order chi connectivity index (χ1) is 13.5. The molecule has 0 saturated carbocycles. The predicted molar refractivity (Wildman–Crippen MR) is 107 cm³/mol. The van der Waals surface area contributed by atoms with Gasteiger partial charge in [-0.25, -0.2) is 0 Å². The highest BCUT2D eigenvalue weighted by atomic mass is 32.2. The van der Waals surface area contributed by atoms with Gasteiger partial charge in [-0.3, -0.25) is 9.59 Å². The molecule has 0 saturated heterocycles. The van der Waals surface area contributed by atoms with Crippen LogP contribution in [0.5, 0.6) is 5.75 Å². The van der Waals surface area contributed by atoms with Crippen molar-refractivity contribution in [3.63, 3.8) is 0 Å². The van der Waals surface area contributed by atoms with Gasteiger partial charge in [-0.2, -0.15) is 0 Å². The number of hydrogen-bond donors (Lipinski definition) is 1. The maximum Gasteiger partial charge on any atom is 0.277 e. The molecule has 28 heavy (non-hydrogen) atoms. The first-order valence-corrected chi connectivity index (χ1v) is 9.40. The molecule has 1 heterocycles. The molecule has 2 aromatic carbocycles. The minimum Gasteiger partial charge on any atom is -0.497 e. The van der Waals surface area contributed by atoms with Crippen LogP contribution in [0.1, 0.15) is 24.2 Å². The van der Waals surface area contributed by atoms with Crippen molar-refractivity contribution in [1.82, 2.24) is 10.2 Å². The number of carbonyl (C=O) groups is 2.